The van der Waals surface area contributed by atoms with E-state index < -0.39 is 0 Å². The monoisotopic (exact) mass is 429 g/mol. The average Bonchev–Trinajstić information content (AvgIpc) is 3.08. The van der Waals surface area contributed by atoms with Gasteiger partial charge < -0.3 is 14.7 Å². The maximum Gasteiger partial charge on any atom is 0.274 e. The Morgan fingerprint density at radius 1 is 1.00 bits per heavy atom. The van der Waals surface area contributed by atoms with E-state index in [4.69, 9.17) is 0 Å². The zero-order valence-electron chi connectivity index (χ0n) is 19.1. The fraction of sp³-hybridized carbons (Fsp3) is 0.739. The summed E-state index contributed by atoms with van der Waals surface area (Å²) in [6.07, 6.45) is 5.48. The molecule has 1 atom stereocenters. The van der Waals surface area contributed by atoms with Gasteiger partial charge in [-0.2, -0.15) is 5.10 Å². The molecule has 8 heteroatoms. The molecule has 1 saturated heterocycles. The van der Waals surface area contributed by atoms with Gasteiger partial charge in [-0.25, -0.2) is 0 Å². The largest absolute Gasteiger partial charge is 0.343 e. The Bertz CT molecular complexity index is 856. The second-order valence-electron chi connectivity index (χ2n) is 9.14. The molecule has 1 aromatic heterocycles. The van der Waals surface area contributed by atoms with Crippen molar-refractivity contribution in [1.29, 1.82) is 0 Å². The molecule has 0 unspecified atom stereocenters. The summed E-state index contributed by atoms with van der Waals surface area (Å²) >= 11 is 0. The number of carbonyl (C=O) groups excluding carboxylic acids is 3. The predicted molar refractivity (Wildman–Crippen MR) is 116 cm³/mol. The Morgan fingerprint density at radius 2 is 1.71 bits per heavy atom. The SMILES string of the molecule is CCN(CC)C(=O)[C@H]1CCCN(C(=O)c2nn(C)c3c2CN(C(=O)C2CCC2)CC3)C1. The molecule has 31 heavy (non-hydrogen) atoms. The van der Waals surface area contributed by atoms with E-state index >= 15 is 0 Å². The zero-order valence-corrected chi connectivity index (χ0v) is 19.1. The lowest BCUT2D eigenvalue weighted by atomic mass is 9.84. The zero-order chi connectivity index (χ0) is 22.1. The third-order valence-corrected chi connectivity index (χ3v) is 7.34. The first kappa shape index (κ1) is 21.8. The number of hydrogen-bond donors (Lipinski definition) is 0. The third kappa shape index (κ3) is 4.08. The topological polar surface area (TPSA) is 78.8 Å². The number of fused-ring (bicyclic) bond motifs is 1. The molecular weight excluding hydrogens is 394 g/mol. The van der Waals surface area contributed by atoms with Gasteiger partial charge in [-0.3, -0.25) is 19.1 Å². The van der Waals surface area contributed by atoms with Gasteiger partial charge in [-0.15, -0.1) is 0 Å². The van der Waals surface area contributed by atoms with Gasteiger partial charge in [-0.05, 0) is 39.5 Å². The number of likely N-dealkylation sites (tertiary alicyclic amines) is 1. The minimum Gasteiger partial charge on any atom is -0.343 e. The number of hydrogen-bond acceptors (Lipinski definition) is 4. The molecule has 8 nitrogen and oxygen atoms in total. The predicted octanol–water partition coefficient (Wildman–Crippen LogP) is 1.83. The molecule has 2 aliphatic heterocycles. The molecule has 0 spiro atoms. The van der Waals surface area contributed by atoms with E-state index in [0.29, 0.717) is 45.0 Å². The summed E-state index contributed by atoms with van der Waals surface area (Å²) in [4.78, 5) is 44.6. The van der Waals surface area contributed by atoms with Crippen LogP contribution in [0.2, 0.25) is 0 Å². The van der Waals surface area contributed by atoms with Crippen molar-refractivity contribution in [2.45, 2.75) is 58.9 Å². The van der Waals surface area contributed by atoms with Crippen LogP contribution in [0.3, 0.4) is 0 Å². The van der Waals surface area contributed by atoms with Gasteiger partial charge in [0.25, 0.3) is 5.91 Å². The van der Waals surface area contributed by atoms with Crippen LogP contribution in [-0.2, 0) is 29.6 Å². The van der Waals surface area contributed by atoms with Crippen molar-refractivity contribution in [2.24, 2.45) is 18.9 Å². The number of rotatable bonds is 5. The fourth-order valence-corrected chi connectivity index (χ4v) is 5.17. The summed E-state index contributed by atoms with van der Waals surface area (Å²) in [6, 6.07) is 0. The molecule has 0 N–H and O–H groups in total. The van der Waals surface area contributed by atoms with Gasteiger partial charge in [0, 0.05) is 69.9 Å². The highest BCUT2D eigenvalue weighted by Crippen LogP contribution is 2.31. The molecule has 0 radical (unpaired) electrons. The van der Waals surface area contributed by atoms with Crippen molar-refractivity contribution in [1.82, 2.24) is 24.5 Å². The minimum atomic E-state index is -0.145. The standard InChI is InChI=1S/C23H35N5O3/c1-4-26(5-2)22(30)17-10-7-12-27(14-17)23(31)20-18-15-28(21(29)16-8-6-9-16)13-11-19(18)25(3)24-20/h16-17H,4-15H2,1-3H3/t17-/m0/s1. The molecule has 1 aliphatic carbocycles. The van der Waals surface area contributed by atoms with E-state index in [-0.39, 0.29) is 29.6 Å². The van der Waals surface area contributed by atoms with Crippen LogP contribution in [0, 0.1) is 11.8 Å². The molecule has 4 rings (SSSR count). The van der Waals surface area contributed by atoms with Crippen LogP contribution >= 0.6 is 0 Å². The molecule has 0 aromatic carbocycles. The van der Waals surface area contributed by atoms with Crippen molar-refractivity contribution >= 4 is 17.7 Å². The van der Waals surface area contributed by atoms with E-state index in [1.54, 1.807) is 9.58 Å². The van der Waals surface area contributed by atoms with Crippen molar-refractivity contribution in [2.75, 3.05) is 32.7 Å². The maximum atomic E-state index is 13.5. The maximum absolute atomic E-state index is 13.5. The average molecular weight is 430 g/mol. The van der Waals surface area contributed by atoms with Crippen LogP contribution in [0.15, 0.2) is 0 Å². The number of piperidine rings is 1. The summed E-state index contributed by atoms with van der Waals surface area (Å²) in [7, 11) is 1.88. The van der Waals surface area contributed by atoms with E-state index in [9.17, 15) is 14.4 Å². The molecule has 170 valence electrons. The number of nitrogens with zero attached hydrogens (tertiary/aromatic N) is 5. The molecular formula is C23H35N5O3. The van der Waals surface area contributed by atoms with E-state index in [0.717, 1.165) is 49.8 Å². The molecule has 3 heterocycles. The number of aryl methyl sites for hydroxylation is 1. The molecule has 1 aromatic rings. The minimum absolute atomic E-state index is 0.105. The molecule has 1 saturated carbocycles. The lowest BCUT2D eigenvalue weighted by molar-refractivity contribution is -0.139. The highest BCUT2D eigenvalue weighted by molar-refractivity contribution is 5.95. The summed E-state index contributed by atoms with van der Waals surface area (Å²) in [6.45, 7) is 7.63. The van der Waals surface area contributed by atoms with Crippen molar-refractivity contribution in [3.63, 3.8) is 0 Å². The smallest absolute Gasteiger partial charge is 0.274 e. The Hall–Kier alpha value is -2.38. The lowest BCUT2D eigenvalue weighted by Crippen LogP contribution is -2.47. The Balaban J connectivity index is 1.50. The quantitative estimate of drug-likeness (QED) is 0.715. The van der Waals surface area contributed by atoms with Gasteiger partial charge in [0.1, 0.15) is 0 Å². The number of amides is 3. The molecule has 0 bridgehead atoms. The number of aromatic nitrogens is 2. The molecule has 3 aliphatic rings. The molecule has 3 amide bonds. The lowest BCUT2D eigenvalue weighted by Gasteiger charge is -2.35. The third-order valence-electron chi connectivity index (χ3n) is 7.34. The van der Waals surface area contributed by atoms with Crippen LogP contribution in [-0.4, -0.2) is 74.9 Å². The Kier molecular flexibility index (Phi) is 6.34. The highest BCUT2D eigenvalue weighted by atomic mass is 16.2. The van der Waals surface area contributed by atoms with Crippen LogP contribution in [0.4, 0.5) is 0 Å². The van der Waals surface area contributed by atoms with Crippen LogP contribution < -0.4 is 0 Å². The van der Waals surface area contributed by atoms with Crippen LogP contribution in [0.5, 0.6) is 0 Å². The first-order valence-corrected chi connectivity index (χ1v) is 11.9. The van der Waals surface area contributed by atoms with Crippen LogP contribution in [0.1, 0.15) is 67.7 Å². The van der Waals surface area contributed by atoms with Gasteiger partial charge >= 0.3 is 0 Å². The summed E-state index contributed by atoms with van der Waals surface area (Å²) in [5.74, 6) is 0.275. The van der Waals surface area contributed by atoms with Gasteiger partial charge in [-0.1, -0.05) is 6.42 Å². The van der Waals surface area contributed by atoms with E-state index in [1.165, 1.54) is 0 Å². The molecule has 2 fully saturated rings. The Labute approximate surface area is 184 Å². The van der Waals surface area contributed by atoms with Gasteiger partial charge in [0.05, 0.1) is 5.92 Å². The van der Waals surface area contributed by atoms with Gasteiger partial charge in [0.2, 0.25) is 11.8 Å². The second-order valence-corrected chi connectivity index (χ2v) is 9.14. The van der Waals surface area contributed by atoms with Crippen molar-refractivity contribution in [3.05, 3.63) is 17.0 Å². The first-order chi connectivity index (χ1) is 14.9. The summed E-state index contributed by atoms with van der Waals surface area (Å²) < 4.78 is 1.80. The summed E-state index contributed by atoms with van der Waals surface area (Å²) in [5, 5.41) is 4.57. The second kappa shape index (κ2) is 9.01. The van der Waals surface area contributed by atoms with Gasteiger partial charge in [0.15, 0.2) is 5.69 Å². The fourth-order valence-electron chi connectivity index (χ4n) is 5.17. The highest BCUT2D eigenvalue weighted by Gasteiger charge is 2.37. The van der Waals surface area contributed by atoms with Crippen molar-refractivity contribution in [3.8, 4) is 0 Å². The van der Waals surface area contributed by atoms with E-state index in [2.05, 4.69) is 5.10 Å². The van der Waals surface area contributed by atoms with Crippen molar-refractivity contribution < 1.29 is 14.4 Å². The first-order valence-electron chi connectivity index (χ1n) is 11.9. The van der Waals surface area contributed by atoms with E-state index in [1.807, 2.05) is 30.7 Å². The van der Waals surface area contributed by atoms with Crippen LogP contribution in [0.25, 0.3) is 0 Å². The summed E-state index contributed by atoms with van der Waals surface area (Å²) in [5.41, 5.74) is 2.40. The normalized spacial score (nSPS) is 21.5. The number of carbonyl (C=O) groups is 3. The Morgan fingerprint density at radius 3 is 2.35 bits per heavy atom.